The van der Waals surface area contributed by atoms with Gasteiger partial charge in [-0.25, -0.2) is 0 Å². The smallest absolute Gasteiger partial charge is 0.239 e. The molecule has 3 aromatic rings. The first-order chi connectivity index (χ1) is 8.83. The largest absolute Gasteiger partial charge is 0.435 e. The highest BCUT2D eigenvalue weighted by molar-refractivity contribution is 6.29. The standard InChI is InChI=1S/C13H8ClN3O/c14-11-6-7-12(17-16-11)18-10-5-1-3-9-4-2-8-15-13(9)10/h1-8H. The molecule has 2 heterocycles. The number of fused-ring (bicyclic) bond motifs is 1. The Kier molecular flexibility index (Phi) is 2.78. The van der Waals surface area contributed by atoms with Gasteiger partial charge in [0.15, 0.2) is 10.9 Å². The first-order valence-corrected chi connectivity index (χ1v) is 5.71. The molecule has 1 aromatic carbocycles. The topological polar surface area (TPSA) is 47.9 Å². The van der Waals surface area contributed by atoms with E-state index in [0.29, 0.717) is 16.8 Å². The van der Waals surface area contributed by atoms with Gasteiger partial charge in [-0.2, -0.15) is 0 Å². The second-order valence-electron chi connectivity index (χ2n) is 3.63. The van der Waals surface area contributed by atoms with Crippen LogP contribution in [-0.2, 0) is 0 Å². The van der Waals surface area contributed by atoms with Crippen LogP contribution in [0.1, 0.15) is 0 Å². The van der Waals surface area contributed by atoms with Crippen molar-refractivity contribution in [3.05, 3.63) is 53.8 Å². The average molecular weight is 258 g/mol. The molecule has 0 saturated carbocycles. The van der Waals surface area contributed by atoms with E-state index in [-0.39, 0.29) is 0 Å². The summed E-state index contributed by atoms with van der Waals surface area (Å²) >= 11 is 5.67. The molecule has 0 N–H and O–H groups in total. The van der Waals surface area contributed by atoms with Crippen molar-refractivity contribution in [2.45, 2.75) is 0 Å². The highest BCUT2D eigenvalue weighted by atomic mass is 35.5. The van der Waals surface area contributed by atoms with Gasteiger partial charge in [-0.05, 0) is 18.2 Å². The Morgan fingerprint density at radius 1 is 0.944 bits per heavy atom. The van der Waals surface area contributed by atoms with Crippen LogP contribution in [0, 0.1) is 0 Å². The molecule has 0 saturated heterocycles. The number of halogens is 1. The van der Waals surface area contributed by atoms with Crippen LogP contribution in [0.2, 0.25) is 5.15 Å². The lowest BCUT2D eigenvalue weighted by Gasteiger charge is -2.06. The summed E-state index contributed by atoms with van der Waals surface area (Å²) in [4.78, 5) is 4.30. The number of hydrogen-bond donors (Lipinski definition) is 0. The number of rotatable bonds is 2. The second kappa shape index (κ2) is 4.58. The van der Waals surface area contributed by atoms with Gasteiger partial charge < -0.3 is 4.74 Å². The van der Waals surface area contributed by atoms with Gasteiger partial charge in [0.25, 0.3) is 0 Å². The number of benzene rings is 1. The summed E-state index contributed by atoms with van der Waals surface area (Å²) in [7, 11) is 0. The molecule has 3 rings (SSSR count). The number of ether oxygens (including phenoxy) is 1. The van der Waals surface area contributed by atoms with E-state index >= 15 is 0 Å². The summed E-state index contributed by atoms with van der Waals surface area (Å²) in [6, 6.07) is 12.9. The van der Waals surface area contributed by atoms with E-state index in [1.807, 2.05) is 30.3 Å². The lowest BCUT2D eigenvalue weighted by Crippen LogP contribution is -1.91. The highest BCUT2D eigenvalue weighted by Crippen LogP contribution is 2.26. The predicted molar refractivity (Wildman–Crippen MR) is 68.9 cm³/mol. The van der Waals surface area contributed by atoms with E-state index in [1.165, 1.54) is 0 Å². The number of nitrogens with zero attached hydrogens (tertiary/aromatic N) is 3. The van der Waals surface area contributed by atoms with Crippen molar-refractivity contribution < 1.29 is 4.74 Å². The molecular formula is C13H8ClN3O. The Morgan fingerprint density at radius 3 is 2.67 bits per heavy atom. The minimum absolute atomic E-state index is 0.332. The van der Waals surface area contributed by atoms with E-state index in [1.54, 1.807) is 18.3 Å². The first-order valence-electron chi connectivity index (χ1n) is 5.34. The molecule has 0 aliphatic heterocycles. The van der Waals surface area contributed by atoms with Crippen LogP contribution < -0.4 is 4.74 Å². The van der Waals surface area contributed by atoms with E-state index in [0.717, 1.165) is 10.9 Å². The van der Waals surface area contributed by atoms with Crippen LogP contribution in [0.5, 0.6) is 11.6 Å². The maximum atomic E-state index is 5.67. The van der Waals surface area contributed by atoms with Crippen molar-refractivity contribution in [2.24, 2.45) is 0 Å². The molecule has 0 radical (unpaired) electrons. The zero-order valence-electron chi connectivity index (χ0n) is 9.25. The highest BCUT2D eigenvalue weighted by Gasteiger charge is 2.05. The van der Waals surface area contributed by atoms with Gasteiger partial charge in [0.1, 0.15) is 5.52 Å². The fourth-order valence-corrected chi connectivity index (χ4v) is 1.73. The molecule has 0 amide bonds. The van der Waals surface area contributed by atoms with Crippen molar-refractivity contribution >= 4 is 22.5 Å². The molecular weight excluding hydrogens is 250 g/mol. The van der Waals surface area contributed by atoms with Crippen molar-refractivity contribution in [2.75, 3.05) is 0 Å². The number of para-hydroxylation sites is 1. The third kappa shape index (κ3) is 2.10. The summed E-state index contributed by atoms with van der Waals surface area (Å²) in [5.74, 6) is 1.03. The van der Waals surface area contributed by atoms with E-state index in [9.17, 15) is 0 Å². The van der Waals surface area contributed by atoms with Gasteiger partial charge in [-0.3, -0.25) is 4.98 Å². The van der Waals surface area contributed by atoms with Crippen LogP contribution in [0.3, 0.4) is 0 Å². The Labute approximate surface area is 108 Å². The third-order valence-corrected chi connectivity index (χ3v) is 2.62. The molecule has 0 bridgehead atoms. The molecule has 0 unspecified atom stereocenters. The fraction of sp³-hybridized carbons (Fsp3) is 0. The van der Waals surface area contributed by atoms with Gasteiger partial charge in [-0.1, -0.05) is 29.8 Å². The van der Waals surface area contributed by atoms with Gasteiger partial charge in [-0.15, -0.1) is 10.2 Å². The Morgan fingerprint density at radius 2 is 1.83 bits per heavy atom. The summed E-state index contributed by atoms with van der Waals surface area (Å²) < 4.78 is 5.65. The maximum Gasteiger partial charge on any atom is 0.239 e. The average Bonchev–Trinajstić information content (AvgIpc) is 2.42. The predicted octanol–water partition coefficient (Wildman–Crippen LogP) is 3.47. The molecule has 2 aromatic heterocycles. The summed E-state index contributed by atoms with van der Waals surface area (Å²) in [5, 5.41) is 8.92. The number of aromatic nitrogens is 3. The van der Waals surface area contributed by atoms with Gasteiger partial charge in [0, 0.05) is 17.6 Å². The minimum Gasteiger partial charge on any atom is -0.435 e. The van der Waals surface area contributed by atoms with Crippen molar-refractivity contribution in [1.82, 2.24) is 15.2 Å². The van der Waals surface area contributed by atoms with Crippen LogP contribution in [0.15, 0.2) is 48.7 Å². The van der Waals surface area contributed by atoms with E-state index in [2.05, 4.69) is 15.2 Å². The number of pyridine rings is 1. The van der Waals surface area contributed by atoms with Crippen LogP contribution in [0.25, 0.3) is 10.9 Å². The molecule has 4 nitrogen and oxygen atoms in total. The van der Waals surface area contributed by atoms with Gasteiger partial charge in [0.05, 0.1) is 0 Å². The lowest BCUT2D eigenvalue weighted by atomic mass is 10.2. The van der Waals surface area contributed by atoms with Crippen molar-refractivity contribution in [3.63, 3.8) is 0 Å². The molecule has 0 spiro atoms. The van der Waals surface area contributed by atoms with Crippen LogP contribution in [0.4, 0.5) is 0 Å². The number of hydrogen-bond acceptors (Lipinski definition) is 4. The quantitative estimate of drug-likeness (QED) is 0.705. The Hall–Kier alpha value is -2.20. The van der Waals surface area contributed by atoms with Crippen molar-refractivity contribution in [1.29, 1.82) is 0 Å². The summed E-state index contributed by atoms with van der Waals surface area (Å²) in [6.07, 6.45) is 1.72. The zero-order valence-corrected chi connectivity index (χ0v) is 10.0. The fourth-order valence-electron chi connectivity index (χ4n) is 1.63. The van der Waals surface area contributed by atoms with Gasteiger partial charge in [0.2, 0.25) is 5.88 Å². The summed E-state index contributed by atoms with van der Waals surface area (Å²) in [5.41, 5.74) is 0.789. The first kappa shape index (κ1) is 10.9. The SMILES string of the molecule is Clc1ccc(Oc2cccc3cccnc23)nn1. The zero-order chi connectivity index (χ0) is 12.4. The Bertz CT molecular complexity index is 680. The Balaban J connectivity index is 2.02. The van der Waals surface area contributed by atoms with Gasteiger partial charge >= 0.3 is 0 Å². The molecule has 18 heavy (non-hydrogen) atoms. The molecule has 5 heteroatoms. The van der Waals surface area contributed by atoms with Crippen LogP contribution in [-0.4, -0.2) is 15.2 Å². The lowest BCUT2D eigenvalue weighted by molar-refractivity contribution is 0.459. The normalized spacial score (nSPS) is 10.5. The molecule has 0 aliphatic rings. The molecule has 0 atom stereocenters. The molecule has 0 aliphatic carbocycles. The second-order valence-corrected chi connectivity index (χ2v) is 4.01. The third-order valence-electron chi connectivity index (χ3n) is 2.42. The monoisotopic (exact) mass is 257 g/mol. The van der Waals surface area contributed by atoms with E-state index in [4.69, 9.17) is 16.3 Å². The van der Waals surface area contributed by atoms with Crippen molar-refractivity contribution in [3.8, 4) is 11.6 Å². The summed E-state index contributed by atoms with van der Waals surface area (Å²) in [6.45, 7) is 0. The minimum atomic E-state index is 0.332. The maximum absolute atomic E-state index is 5.67. The molecule has 88 valence electrons. The molecule has 0 fully saturated rings. The van der Waals surface area contributed by atoms with Crippen LogP contribution >= 0.6 is 11.6 Å². The van der Waals surface area contributed by atoms with E-state index < -0.39 is 0 Å².